The maximum Gasteiger partial charge on any atom is 0.224 e. The van der Waals surface area contributed by atoms with Gasteiger partial charge in [-0.2, -0.15) is 4.98 Å². The van der Waals surface area contributed by atoms with Crippen molar-refractivity contribution in [3.63, 3.8) is 0 Å². The molecular formula is C11H19BrN4O. The fourth-order valence-electron chi connectivity index (χ4n) is 1.43. The van der Waals surface area contributed by atoms with Crippen LogP contribution in [-0.2, 0) is 0 Å². The van der Waals surface area contributed by atoms with Gasteiger partial charge in [-0.1, -0.05) is 6.92 Å². The molecule has 0 fully saturated rings. The van der Waals surface area contributed by atoms with Crippen LogP contribution in [0.2, 0.25) is 0 Å². The second-order valence-electron chi connectivity index (χ2n) is 4.02. The summed E-state index contributed by atoms with van der Waals surface area (Å²) < 4.78 is 0.822. The number of anilines is 2. The zero-order valence-corrected chi connectivity index (χ0v) is 12.0. The number of hydrogen-bond donors (Lipinski definition) is 2. The summed E-state index contributed by atoms with van der Waals surface area (Å²) in [7, 11) is 1.89. The van der Waals surface area contributed by atoms with Crippen LogP contribution in [0.1, 0.15) is 20.3 Å². The van der Waals surface area contributed by atoms with Crippen molar-refractivity contribution in [1.29, 1.82) is 0 Å². The predicted molar refractivity (Wildman–Crippen MR) is 73.5 cm³/mol. The van der Waals surface area contributed by atoms with Gasteiger partial charge in [0.25, 0.3) is 0 Å². The summed E-state index contributed by atoms with van der Waals surface area (Å²) in [6, 6.07) is 0. The van der Waals surface area contributed by atoms with Crippen LogP contribution in [-0.4, -0.2) is 41.3 Å². The summed E-state index contributed by atoms with van der Waals surface area (Å²) in [6.45, 7) is 5.22. The quantitative estimate of drug-likeness (QED) is 0.840. The number of nitrogens with zero attached hydrogens (tertiary/aromatic N) is 3. The minimum Gasteiger partial charge on any atom is -0.392 e. The van der Waals surface area contributed by atoms with Crippen LogP contribution >= 0.6 is 15.9 Å². The molecule has 1 aromatic heterocycles. The van der Waals surface area contributed by atoms with Crippen molar-refractivity contribution in [3.05, 3.63) is 10.7 Å². The Hall–Kier alpha value is -0.880. The number of halogens is 1. The van der Waals surface area contributed by atoms with E-state index in [9.17, 15) is 5.11 Å². The highest BCUT2D eigenvalue weighted by Gasteiger charge is 2.11. The minimum atomic E-state index is -0.395. The molecule has 0 aromatic carbocycles. The molecule has 0 saturated heterocycles. The first kappa shape index (κ1) is 14.2. The van der Waals surface area contributed by atoms with Gasteiger partial charge in [0.2, 0.25) is 5.95 Å². The largest absolute Gasteiger partial charge is 0.392 e. The first-order chi connectivity index (χ1) is 8.04. The number of hydrogen-bond acceptors (Lipinski definition) is 5. The van der Waals surface area contributed by atoms with Crippen LogP contribution in [0.4, 0.5) is 11.8 Å². The lowest BCUT2D eigenvalue weighted by molar-refractivity contribution is 0.201. The van der Waals surface area contributed by atoms with Crippen molar-refractivity contribution in [2.75, 3.05) is 30.4 Å². The third kappa shape index (κ3) is 4.47. The van der Waals surface area contributed by atoms with Crippen LogP contribution in [0, 0.1) is 0 Å². The average molecular weight is 303 g/mol. The van der Waals surface area contributed by atoms with Gasteiger partial charge in [-0.3, -0.25) is 0 Å². The zero-order chi connectivity index (χ0) is 12.8. The van der Waals surface area contributed by atoms with Crippen LogP contribution in [0.3, 0.4) is 0 Å². The van der Waals surface area contributed by atoms with Gasteiger partial charge in [-0.05, 0) is 29.3 Å². The molecule has 5 nitrogen and oxygen atoms in total. The Morgan fingerprint density at radius 2 is 2.29 bits per heavy atom. The predicted octanol–water partition coefficient (Wildman–Crippen LogP) is 1.88. The van der Waals surface area contributed by atoms with Gasteiger partial charge in [0.15, 0.2) is 0 Å². The summed E-state index contributed by atoms with van der Waals surface area (Å²) in [4.78, 5) is 10.5. The van der Waals surface area contributed by atoms with Gasteiger partial charge in [-0.25, -0.2) is 4.98 Å². The van der Waals surface area contributed by atoms with Crippen molar-refractivity contribution in [3.8, 4) is 0 Å². The Balaban J connectivity index is 2.81. The molecule has 0 aliphatic heterocycles. The number of nitrogens with one attached hydrogen (secondary N) is 1. The lowest BCUT2D eigenvalue weighted by Gasteiger charge is -2.21. The van der Waals surface area contributed by atoms with E-state index in [1.807, 2.05) is 11.9 Å². The summed E-state index contributed by atoms with van der Waals surface area (Å²) in [6.07, 6.45) is 2.35. The Labute approximate surface area is 110 Å². The molecule has 17 heavy (non-hydrogen) atoms. The highest BCUT2D eigenvalue weighted by molar-refractivity contribution is 9.10. The molecule has 0 spiro atoms. The van der Waals surface area contributed by atoms with Crippen molar-refractivity contribution < 1.29 is 5.11 Å². The molecule has 1 rings (SSSR count). The van der Waals surface area contributed by atoms with E-state index in [1.54, 1.807) is 13.1 Å². The molecule has 1 atom stereocenters. The molecular weight excluding hydrogens is 284 g/mol. The van der Waals surface area contributed by atoms with Gasteiger partial charge < -0.3 is 15.3 Å². The van der Waals surface area contributed by atoms with Gasteiger partial charge in [0.1, 0.15) is 5.82 Å². The molecule has 1 aromatic rings. The summed E-state index contributed by atoms with van der Waals surface area (Å²) in [5, 5.41) is 12.5. The van der Waals surface area contributed by atoms with Crippen molar-refractivity contribution in [1.82, 2.24) is 9.97 Å². The highest BCUT2D eigenvalue weighted by atomic mass is 79.9. The van der Waals surface area contributed by atoms with Gasteiger partial charge in [0.05, 0.1) is 10.6 Å². The summed E-state index contributed by atoms with van der Waals surface area (Å²) >= 11 is 3.41. The molecule has 96 valence electrons. The molecule has 1 heterocycles. The zero-order valence-electron chi connectivity index (χ0n) is 10.4. The third-order valence-corrected chi connectivity index (χ3v) is 2.72. The van der Waals surface area contributed by atoms with Crippen molar-refractivity contribution >= 4 is 27.7 Å². The molecule has 0 aliphatic rings. The van der Waals surface area contributed by atoms with Gasteiger partial charge >= 0.3 is 0 Å². The topological polar surface area (TPSA) is 61.3 Å². The lowest BCUT2D eigenvalue weighted by Crippen LogP contribution is -2.28. The fourth-order valence-corrected chi connectivity index (χ4v) is 1.92. The number of aliphatic hydroxyl groups excluding tert-OH is 1. The summed E-state index contributed by atoms with van der Waals surface area (Å²) in [5.74, 6) is 1.39. The molecule has 2 N–H and O–H groups in total. The van der Waals surface area contributed by atoms with Gasteiger partial charge in [0, 0.05) is 26.3 Å². The Kier molecular flexibility index (Phi) is 5.64. The van der Waals surface area contributed by atoms with E-state index in [2.05, 4.69) is 38.1 Å². The van der Waals surface area contributed by atoms with E-state index >= 15 is 0 Å². The number of rotatable bonds is 6. The smallest absolute Gasteiger partial charge is 0.224 e. The van der Waals surface area contributed by atoms with E-state index in [0.29, 0.717) is 12.5 Å². The fraction of sp³-hybridized carbons (Fsp3) is 0.636. The van der Waals surface area contributed by atoms with Crippen LogP contribution in [0.15, 0.2) is 10.7 Å². The molecule has 6 heteroatoms. The number of aliphatic hydroxyl groups is 1. The molecule has 0 radical (unpaired) electrons. The highest BCUT2D eigenvalue weighted by Crippen LogP contribution is 2.23. The second kappa shape index (κ2) is 6.76. The third-order valence-electron chi connectivity index (χ3n) is 2.16. The van der Waals surface area contributed by atoms with Gasteiger partial charge in [-0.15, -0.1) is 0 Å². The SMILES string of the molecule is CCCNc1ncc(Br)c(N(C)CC(C)O)n1. The first-order valence-corrected chi connectivity index (χ1v) is 6.49. The normalized spacial score (nSPS) is 12.3. The molecule has 0 saturated carbocycles. The monoisotopic (exact) mass is 302 g/mol. The standard InChI is InChI=1S/C11H19BrN4O/c1-4-5-13-11-14-6-9(12)10(15-11)16(3)7-8(2)17/h6,8,17H,4-5,7H2,1-3H3,(H,13,14,15). The summed E-state index contributed by atoms with van der Waals surface area (Å²) in [5.41, 5.74) is 0. The Bertz CT molecular complexity index is 359. The van der Waals surface area contributed by atoms with E-state index in [4.69, 9.17) is 0 Å². The molecule has 0 bridgehead atoms. The molecule has 1 unspecified atom stereocenters. The van der Waals surface area contributed by atoms with Crippen molar-refractivity contribution in [2.45, 2.75) is 26.4 Å². The van der Waals surface area contributed by atoms with Crippen LogP contribution in [0.25, 0.3) is 0 Å². The Morgan fingerprint density at radius 1 is 1.59 bits per heavy atom. The molecule has 0 aliphatic carbocycles. The maximum absolute atomic E-state index is 9.37. The minimum absolute atomic E-state index is 0.395. The number of likely N-dealkylation sites (N-methyl/N-ethyl adjacent to an activating group) is 1. The van der Waals surface area contributed by atoms with E-state index in [0.717, 1.165) is 23.3 Å². The van der Waals surface area contributed by atoms with E-state index in [-0.39, 0.29) is 0 Å². The van der Waals surface area contributed by atoms with Crippen LogP contribution in [0.5, 0.6) is 0 Å². The van der Waals surface area contributed by atoms with E-state index < -0.39 is 6.10 Å². The van der Waals surface area contributed by atoms with Crippen molar-refractivity contribution in [2.24, 2.45) is 0 Å². The maximum atomic E-state index is 9.37. The van der Waals surface area contributed by atoms with E-state index in [1.165, 1.54) is 0 Å². The molecule has 0 amide bonds. The number of aromatic nitrogens is 2. The lowest BCUT2D eigenvalue weighted by atomic mass is 10.3. The second-order valence-corrected chi connectivity index (χ2v) is 4.88. The van der Waals surface area contributed by atoms with Crippen LogP contribution < -0.4 is 10.2 Å². The Morgan fingerprint density at radius 3 is 2.88 bits per heavy atom. The first-order valence-electron chi connectivity index (χ1n) is 5.70. The average Bonchev–Trinajstić information content (AvgIpc) is 2.27.